The summed E-state index contributed by atoms with van der Waals surface area (Å²) in [5.74, 6) is -2.01. The molecule has 0 bridgehead atoms. The molecule has 1 saturated heterocycles. The van der Waals surface area contributed by atoms with Gasteiger partial charge in [0.2, 0.25) is 5.91 Å². The molecule has 0 radical (unpaired) electrons. The molecule has 1 aromatic carbocycles. The van der Waals surface area contributed by atoms with Gasteiger partial charge in [0.15, 0.2) is 6.61 Å². The van der Waals surface area contributed by atoms with Gasteiger partial charge in [0, 0.05) is 24.5 Å². The van der Waals surface area contributed by atoms with Crippen LogP contribution in [-0.4, -0.2) is 35.8 Å². The highest BCUT2D eigenvalue weighted by molar-refractivity contribution is 6.31. The fraction of sp³-hybridized carbons (Fsp3) is 0.357. The number of amides is 2. The molecule has 0 aromatic heterocycles. The lowest BCUT2D eigenvalue weighted by molar-refractivity contribution is -0.151. The zero-order chi connectivity index (χ0) is 15.4. The molecule has 1 fully saturated rings. The quantitative estimate of drug-likeness (QED) is 0.811. The minimum Gasteiger partial charge on any atom is -0.455 e. The van der Waals surface area contributed by atoms with Gasteiger partial charge < -0.3 is 15.4 Å². The number of nitrogens with two attached hydrogens (primary N) is 1. The normalized spacial score (nSPS) is 17.9. The lowest BCUT2D eigenvalue weighted by Crippen LogP contribution is -2.28. The molecule has 7 heteroatoms. The van der Waals surface area contributed by atoms with E-state index in [2.05, 4.69) is 0 Å². The number of carbonyl (C=O) groups is 3. The predicted octanol–water partition coefficient (Wildman–Crippen LogP) is 0.717. The predicted molar refractivity (Wildman–Crippen MR) is 75.1 cm³/mol. The number of halogens is 1. The van der Waals surface area contributed by atoms with E-state index in [1.165, 1.54) is 0 Å². The fourth-order valence-corrected chi connectivity index (χ4v) is 2.37. The van der Waals surface area contributed by atoms with Crippen LogP contribution in [0.1, 0.15) is 12.0 Å². The van der Waals surface area contributed by atoms with Gasteiger partial charge in [-0.05, 0) is 11.6 Å². The molecular weight excluding hydrogens is 296 g/mol. The third kappa shape index (κ3) is 3.95. The molecular formula is C14H15ClN2O4. The second-order valence-corrected chi connectivity index (χ2v) is 5.25. The average Bonchev–Trinajstić information content (AvgIpc) is 2.80. The van der Waals surface area contributed by atoms with Crippen molar-refractivity contribution in [2.75, 3.05) is 13.2 Å². The molecule has 0 unspecified atom stereocenters. The van der Waals surface area contributed by atoms with Crippen LogP contribution >= 0.6 is 11.6 Å². The number of primary amides is 1. The van der Waals surface area contributed by atoms with Crippen molar-refractivity contribution in [3.8, 4) is 0 Å². The summed E-state index contributed by atoms with van der Waals surface area (Å²) in [6.45, 7) is 0.133. The van der Waals surface area contributed by atoms with E-state index in [9.17, 15) is 14.4 Å². The molecule has 112 valence electrons. The molecule has 1 aromatic rings. The topological polar surface area (TPSA) is 89.7 Å². The van der Waals surface area contributed by atoms with Crippen molar-refractivity contribution in [1.82, 2.24) is 4.90 Å². The summed E-state index contributed by atoms with van der Waals surface area (Å²) >= 11 is 6.05. The number of rotatable bonds is 5. The Morgan fingerprint density at radius 2 is 2.10 bits per heavy atom. The first-order valence-corrected chi connectivity index (χ1v) is 6.81. The van der Waals surface area contributed by atoms with Gasteiger partial charge in [-0.25, -0.2) is 0 Å². The summed E-state index contributed by atoms with van der Waals surface area (Å²) in [4.78, 5) is 35.8. The number of carbonyl (C=O) groups excluding carboxylic acids is 3. The van der Waals surface area contributed by atoms with E-state index >= 15 is 0 Å². The van der Waals surface area contributed by atoms with Gasteiger partial charge in [-0.2, -0.15) is 0 Å². The molecule has 1 aliphatic rings. The standard InChI is InChI=1S/C14H15ClN2O4/c15-11-4-2-1-3-9(11)6-17-7-10(5-13(17)19)14(20)21-8-12(16)18/h1-4,10H,5-8H2,(H2,16,18)/t10-/m1/s1. The Hall–Kier alpha value is -2.08. The van der Waals surface area contributed by atoms with E-state index in [0.717, 1.165) is 5.56 Å². The average molecular weight is 311 g/mol. The zero-order valence-corrected chi connectivity index (χ0v) is 12.0. The number of ether oxygens (including phenoxy) is 1. The highest BCUT2D eigenvalue weighted by Gasteiger charge is 2.35. The van der Waals surface area contributed by atoms with Gasteiger partial charge >= 0.3 is 5.97 Å². The Labute approximate surface area is 126 Å². The van der Waals surface area contributed by atoms with Crippen LogP contribution < -0.4 is 5.73 Å². The van der Waals surface area contributed by atoms with Gasteiger partial charge in [0.25, 0.3) is 5.91 Å². The van der Waals surface area contributed by atoms with E-state index in [1.54, 1.807) is 11.0 Å². The summed E-state index contributed by atoms with van der Waals surface area (Å²) in [7, 11) is 0. The number of hydrogen-bond donors (Lipinski definition) is 1. The third-order valence-corrected chi connectivity index (χ3v) is 3.59. The zero-order valence-electron chi connectivity index (χ0n) is 11.3. The maximum Gasteiger partial charge on any atom is 0.311 e. The summed E-state index contributed by atoms with van der Waals surface area (Å²) in [5.41, 5.74) is 5.72. The first-order chi connectivity index (χ1) is 9.97. The van der Waals surface area contributed by atoms with Crippen molar-refractivity contribution in [3.63, 3.8) is 0 Å². The molecule has 6 nitrogen and oxygen atoms in total. The van der Waals surface area contributed by atoms with Gasteiger partial charge in [-0.15, -0.1) is 0 Å². The molecule has 2 amide bonds. The number of hydrogen-bond acceptors (Lipinski definition) is 4. The van der Waals surface area contributed by atoms with Crippen molar-refractivity contribution in [3.05, 3.63) is 34.9 Å². The lowest BCUT2D eigenvalue weighted by Gasteiger charge is -2.17. The minimum atomic E-state index is -0.722. The Morgan fingerprint density at radius 3 is 2.76 bits per heavy atom. The largest absolute Gasteiger partial charge is 0.455 e. The highest BCUT2D eigenvalue weighted by atomic mass is 35.5. The van der Waals surface area contributed by atoms with Gasteiger partial charge in [-0.1, -0.05) is 29.8 Å². The number of benzene rings is 1. The van der Waals surface area contributed by atoms with E-state index in [1.807, 2.05) is 18.2 Å². The highest BCUT2D eigenvalue weighted by Crippen LogP contribution is 2.24. The maximum absolute atomic E-state index is 11.9. The SMILES string of the molecule is NC(=O)COC(=O)[C@@H]1CC(=O)N(Cc2ccccc2Cl)C1. The number of likely N-dealkylation sites (tertiary alicyclic amines) is 1. The molecule has 0 saturated carbocycles. The van der Waals surface area contributed by atoms with E-state index < -0.39 is 24.4 Å². The second kappa shape index (κ2) is 6.58. The fourth-order valence-electron chi connectivity index (χ4n) is 2.18. The molecule has 0 aliphatic carbocycles. The van der Waals surface area contributed by atoms with E-state index in [4.69, 9.17) is 22.1 Å². The van der Waals surface area contributed by atoms with Crippen molar-refractivity contribution in [2.45, 2.75) is 13.0 Å². The van der Waals surface area contributed by atoms with E-state index in [-0.39, 0.29) is 18.9 Å². The molecule has 1 heterocycles. The Kier molecular flexibility index (Phi) is 4.80. The van der Waals surface area contributed by atoms with Gasteiger partial charge in [0.05, 0.1) is 5.92 Å². The van der Waals surface area contributed by atoms with Crippen LogP contribution in [0.25, 0.3) is 0 Å². The molecule has 2 rings (SSSR count). The van der Waals surface area contributed by atoms with Crippen LogP contribution in [0.3, 0.4) is 0 Å². The monoisotopic (exact) mass is 310 g/mol. The van der Waals surface area contributed by atoms with Gasteiger partial charge in [0.1, 0.15) is 0 Å². The molecule has 21 heavy (non-hydrogen) atoms. The van der Waals surface area contributed by atoms with E-state index in [0.29, 0.717) is 11.6 Å². The van der Waals surface area contributed by atoms with Crippen molar-refractivity contribution in [1.29, 1.82) is 0 Å². The second-order valence-electron chi connectivity index (χ2n) is 4.84. The molecule has 2 N–H and O–H groups in total. The van der Waals surface area contributed by atoms with Crippen molar-refractivity contribution in [2.24, 2.45) is 11.7 Å². The van der Waals surface area contributed by atoms with Crippen LogP contribution in [0.2, 0.25) is 5.02 Å². The summed E-state index contributed by atoms with van der Waals surface area (Å²) in [5, 5.41) is 0.574. The van der Waals surface area contributed by atoms with Crippen molar-refractivity contribution < 1.29 is 19.1 Å². The Balaban J connectivity index is 1.95. The summed E-state index contributed by atoms with van der Waals surface area (Å²) in [6.07, 6.45) is 0.0715. The van der Waals surface area contributed by atoms with Crippen LogP contribution in [0, 0.1) is 5.92 Å². The first kappa shape index (κ1) is 15.3. The molecule has 1 atom stereocenters. The first-order valence-electron chi connectivity index (χ1n) is 6.43. The van der Waals surface area contributed by atoms with Crippen LogP contribution in [0.5, 0.6) is 0 Å². The lowest BCUT2D eigenvalue weighted by atomic mass is 10.1. The molecule has 1 aliphatic heterocycles. The Morgan fingerprint density at radius 1 is 1.38 bits per heavy atom. The Bertz CT molecular complexity index is 576. The van der Waals surface area contributed by atoms with Crippen molar-refractivity contribution >= 4 is 29.4 Å². The van der Waals surface area contributed by atoms with Crippen LogP contribution in [0.15, 0.2) is 24.3 Å². The minimum absolute atomic E-state index is 0.0715. The summed E-state index contributed by atoms with van der Waals surface area (Å²) < 4.78 is 4.74. The van der Waals surface area contributed by atoms with Gasteiger partial charge in [-0.3, -0.25) is 14.4 Å². The number of esters is 1. The number of nitrogens with zero attached hydrogens (tertiary/aromatic N) is 1. The van der Waals surface area contributed by atoms with Crippen LogP contribution in [-0.2, 0) is 25.7 Å². The van der Waals surface area contributed by atoms with Crippen LogP contribution in [0.4, 0.5) is 0 Å². The maximum atomic E-state index is 11.9. The third-order valence-electron chi connectivity index (χ3n) is 3.22. The molecule has 0 spiro atoms. The smallest absolute Gasteiger partial charge is 0.311 e. The summed E-state index contributed by atoms with van der Waals surface area (Å²) in [6, 6.07) is 7.21.